The van der Waals surface area contributed by atoms with Crippen LogP contribution in [0.3, 0.4) is 0 Å². The summed E-state index contributed by atoms with van der Waals surface area (Å²) in [6.07, 6.45) is 0. The lowest BCUT2D eigenvalue weighted by molar-refractivity contribution is 0.0931. The Morgan fingerprint density at radius 2 is 2.20 bits per heavy atom. The minimum atomic E-state index is -0.274. The number of hydrogen-bond donors (Lipinski definition) is 1. The Hall–Kier alpha value is -1.66. The SMILES string of the molecule is COCc1cc(C(=O)NC(CBr)c2ccccc2)no1. The predicted molar refractivity (Wildman–Crippen MR) is 77.7 cm³/mol. The van der Waals surface area contributed by atoms with Crippen LogP contribution in [-0.2, 0) is 11.3 Å². The summed E-state index contributed by atoms with van der Waals surface area (Å²) in [4.78, 5) is 12.1. The monoisotopic (exact) mass is 338 g/mol. The molecule has 0 bridgehead atoms. The molecule has 1 N–H and O–H groups in total. The number of carbonyl (C=O) groups is 1. The van der Waals surface area contributed by atoms with E-state index in [1.54, 1.807) is 13.2 Å². The van der Waals surface area contributed by atoms with E-state index in [1.165, 1.54) is 0 Å². The quantitative estimate of drug-likeness (QED) is 0.822. The van der Waals surface area contributed by atoms with E-state index in [2.05, 4.69) is 26.4 Å². The molecular formula is C14H15BrN2O3. The third-order valence-corrected chi connectivity index (χ3v) is 3.39. The smallest absolute Gasteiger partial charge is 0.273 e. The van der Waals surface area contributed by atoms with Crippen LogP contribution in [0.2, 0.25) is 0 Å². The normalized spacial score (nSPS) is 12.1. The van der Waals surface area contributed by atoms with Crippen molar-refractivity contribution in [1.29, 1.82) is 0 Å². The highest BCUT2D eigenvalue weighted by Crippen LogP contribution is 2.16. The highest BCUT2D eigenvalue weighted by molar-refractivity contribution is 9.09. The first kappa shape index (κ1) is 14.7. The van der Waals surface area contributed by atoms with Crippen molar-refractivity contribution in [2.24, 2.45) is 0 Å². The van der Waals surface area contributed by atoms with Gasteiger partial charge in [-0.15, -0.1) is 0 Å². The Morgan fingerprint density at radius 1 is 1.45 bits per heavy atom. The average Bonchev–Trinajstić information content (AvgIpc) is 2.94. The largest absolute Gasteiger partial charge is 0.377 e. The van der Waals surface area contributed by atoms with Crippen molar-refractivity contribution >= 4 is 21.8 Å². The molecule has 5 nitrogen and oxygen atoms in total. The lowest BCUT2D eigenvalue weighted by Crippen LogP contribution is -2.29. The maximum Gasteiger partial charge on any atom is 0.273 e. The number of rotatable bonds is 6. The van der Waals surface area contributed by atoms with Gasteiger partial charge >= 0.3 is 0 Å². The van der Waals surface area contributed by atoms with Crippen LogP contribution in [0, 0.1) is 0 Å². The van der Waals surface area contributed by atoms with Gasteiger partial charge in [0.2, 0.25) is 0 Å². The summed E-state index contributed by atoms with van der Waals surface area (Å²) in [5.41, 5.74) is 1.28. The molecule has 0 saturated heterocycles. The van der Waals surface area contributed by atoms with Crippen LogP contribution in [-0.4, -0.2) is 23.5 Å². The van der Waals surface area contributed by atoms with E-state index >= 15 is 0 Å². The number of halogens is 1. The van der Waals surface area contributed by atoms with Gasteiger partial charge < -0.3 is 14.6 Å². The number of nitrogens with zero attached hydrogens (tertiary/aromatic N) is 1. The summed E-state index contributed by atoms with van der Waals surface area (Å²) in [5.74, 6) is 0.247. The van der Waals surface area contributed by atoms with Gasteiger partial charge in [-0.3, -0.25) is 4.79 Å². The Morgan fingerprint density at radius 3 is 2.85 bits per heavy atom. The van der Waals surface area contributed by atoms with Gasteiger partial charge in [-0.05, 0) is 5.56 Å². The fourth-order valence-corrected chi connectivity index (χ4v) is 2.29. The zero-order valence-corrected chi connectivity index (χ0v) is 12.6. The van der Waals surface area contributed by atoms with Crippen molar-refractivity contribution in [2.75, 3.05) is 12.4 Å². The summed E-state index contributed by atoms with van der Waals surface area (Å²) in [6.45, 7) is 0.292. The average molecular weight is 339 g/mol. The second-order valence-electron chi connectivity index (χ2n) is 4.20. The number of methoxy groups -OCH3 is 1. The van der Waals surface area contributed by atoms with Gasteiger partial charge in [0.25, 0.3) is 5.91 Å². The van der Waals surface area contributed by atoms with E-state index in [0.29, 0.717) is 17.7 Å². The van der Waals surface area contributed by atoms with Gasteiger partial charge in [0.15, 0.2) is 11.5 Å². The third-order valence-electron chi connectivity index (χ3n) is 2.74. The second kappa shape index (κ2) is 7.21. The molecule has 0 saturated carbocycles. The molecule has 20 heavy (non-hydrogen) atoms. The van der Waals surface area contributed by atoms with Gasteiger partial charge in [0, 0.05) is 18.5 Å². The summed E-state index contributed by atoms with van der Waals surface area (Å²) >= 11 is 3.41. The first-order chi connectivity index (χ1) is 9.74. The van der Waals surface area contributed by atoms with Gasteiger partial charge in [-0.2, -0.15) is 0 Å². The number of amides is 1. The van der Waals surface area contributed by atoms with Crippen LogP contribution in [0.5, 0.6) is 0 Å². The Labute approximate surface area is 125 Å². The summed E-state index contributed by atoms with van der Waals surface area (Å²) in [7, 11) is 1.55. The minimum Gasteiger partial charge on any atom is -0.377 e. The van der Waals surface area contributed by atoms with Gasteiger partial charge in [0.1, 0.15) is 6.61 Å². The number of ether oxygens (including phenoxy) is 1. The molecule has 1 atom stereocenters. The zero-order chi connectivity index (χ0) is 14.4. The van der Waals surface area contributed by atoms with Crippen molar-refractivity contribution < 1.29 is 14.1 Å². The highest BCUT2D eigenvalue weighted by atomic mass is 79.9. The van der Waals surface area contributed by atoms with Crippen molar-refractivity contribution in [1.82, 2.24) is 10.5 Å². The molecule has 2 aromatic rings. The van der Waals surface area contributed by atoms with Crippen molar-refractivity contribution in [2.45, 2.75) is 12.6 Å². The lowest BCUT2D eigenvalue weighted by Gasteiger charge is -2.15. The standard InChI is InChI=1S/C14H15BrN2O3/c1-19-9-11-7-12(17-20-11)14(18)16-13(8-15)10-5-3-2-4-6-10/h2-7,13H,8-9H2,1H3,(H,16,18). The van der Waals surface area contributed by atoms with Gasteiger partial charge in [-0.25, -0.2) is 0 Å². The summed E-state index contributed by atoms with van der Waals surface area (Å²) in [6, 6.07) is 11.2. The number of nitrogens with one attached hydrogen (secondary N) is 1. The minimum absolute atomic E-state index is 0.119. The van der Waals surface area contributed by atoms with E-state index in [1.807, 2.05) is 30.3 Å². The fraction of sp³-hybridized carbons (Fsp3) is 0.286. The Bertz CT molecular complexity index is 557. The molecule has 1 aromatic heterocycles. The van der Waals surface area contributed by atoms with Crippen molar-refractivity contribution in [3.8, 4) is 0 Å². The lowest BCUT2D eigenvalue weighted by atomic mass is 10.1. The van der Waals surface area contributed by atoms with Crippen LogP contribution < -0.4 is 5.32 Å². The maximum absolute atomic E-state index is 12.1. The van der Waals surface area contributed by atoms with Crippen LogP contribution in [0.1, 0.15) is 27.9 Å². The maximum atomic E-state index is 12.1. The predicted octanol–water partition coefficient (Wildman–Crippen LogP) is 2.69. The molecule has 1 aromatic carbocycles. The topological polar surface area (TPSA) is 64.4 Å². The molecule has 0 aliphatic rings. The first-order valence-electron chi connectivity index (χ1n) is 6.11. The number of benzene rings is 1. The number of hydrogen-bond acceptors (Lipinski definition) is 4. The molecule has 1 amide bonds. The molecule has 106 valence electrons. The molecule has 0 aliphatic heterocycles. The van der Waals surface area contributed by atoms with Gasteiger partial charge in [-0.1, -0.05) is 51.4 Å². The van der Waals surface area contributed by atoms with E-state index < -0.39 is 0 Å². The fourth-order valence-electron chi connectivity index (χ4n) is 1.76. The number of alkyl halides is 1. The third kappa shape index (κ3) is 3.68. The molecule has 6 heteroatoms. The number of carbonyl (C=O) groups excluding carboxylic acids is 1. The van der Waals surface area contributed by atoms with Crippen molar-refractivity contribution in [3.63, 3.8) is 0 Å². The summed E-state index contributed by atoms with van der Waals surface area (Å²) < 4.78 is 9.92. The highest BCUT2D eigenvalue weighted by Gasteiger charge is 2.17. The molecule has 1 heterocycles. The van der Waals surface area contributed by atoms with Gasteiger partial charge in [0.05, 0.1) is 6.04 Å². The van der Waals surface area contributed by atoms with Crippen LogP contribution >= 0.6 is 15.9 Å². The molecule has 0 fully saturated rings. The van der Waals surface area contributed by atoms with Crippen LogP contribution in [0.15, 0.2) is 40.9 Å². The van der Waals surface area contributed by atoms with E-state index in [0.717, 1.165) is 5.56 Å². The van der Waals surface area contributed by atoms with Crippen LogP contribution in [0.25, 0.3) is 0 Å². The molecule has 0 radical (unpaired) electrons. The second-order valence-corrected chi connectivity index (χ2v) is 4.85. The van der Waals surface area contributed by atoms with E-state index in [-0.39, 0.29) is 17.6 Å². The number of aromatic nitrogens is 1. The molecule has 1 unspecified atom stereocenters. The van der Waals surface area contributed by atoms with Crippen LogP contribution in [0.4, 0.5) is 0 Å². The first-order valence-corrected chi connectivity index (χ1v) is 7.23. The molecule has 0 spiro atoms. The Balaban J connectivity index is 2.05. The zero-order valence-electron chi connectivity index (χ0n) is 11.0. The van der Waals surface area contributed by atoms with E-state index in [4.69, 9.17) is 9.26 Å². The molecular weight excluding hydrogens is 324 g/mol. The summed E-state index contributed by atoms with van der Waals surface area (Å²) in [5, 5.41) is 7.26. The van der Waals surface area contributed by atoms with E-state index in [9.17, 15) is 4.79 Å². The molecule has 0 aliphatic carbocycles. The van der Waals surface area contributed by atoms with Crippen molar-refractivity contribution in [3.05, 3.63) is 53.4 Å². The Kier molecular flexibility index (Phi) is 5.31. The molecule has 2 rings (SSSR count).